The Hall–Kier alpha value is -2.48. The molecule has 7 nitrogen and oxygen atoms in total. The minimum Gasteiger partial charge on any atom is -0.466 e. The van der Waals surface area contributed by atoms with E-state index in [0.717, 1.165) is 9.37 Å². The first-order chi connectivity index (χ1) is 13.5. The van der Waals surface area contributed by atoms with Crippen molar-refractivity contribution in [2.75, 3.05) is 6.61 Å². The van der Waals surface area contributed by atoms with E-state index in [0.29, 0.717) is 5.56 Å². The van der Waals surface area contributed by atoms with Crippen LogP contribution in [0.5, 0.6) is 0 Å². The van der Waals surface area contributed by atoms with Gasteiger partial charge in [-0.2, -0.15) is 0 Å². The first-order valence-corrected chi connectivity index (χ1v) is 10.0. The number of hydrogen-bond donors (Lipinski definition) is 0. The summed E-state index contributed by atoms with van der Waals surface area (Å²) in [5.74, 6) is -2.60. The van der Waals surface area contributed by atoms with E-state index in [1.165, 1.54) is 12.2 Å². The number of hydrogen-bond acceptors (Lipinski definition) is 6. The average Bonchev–Trinajstić information content (AvgIpc) is 3.00. The standard InChI is InChI=1S/C21H24BrNO6/c1-5-28-19(26)15(12-17(24)13-6-8-14(22)9-7-13)16-10-11-18(25)23(16)20(27)29-21(2,3)4/h6-11,15-16H,5,12H2,1-4H3/t15-,16-/m1/s1. The van der Waals surface area contributed by atoms with Crippen molar-refractivity contribution in [3.8, 4) is 0 Å². The van der Waals surface area contributed by atoms with Gasteiger partial charge in [-0.15, -0.1) is 0 Å². The predicted octanol–water partition coefficient (Wildman–Crippen LogP) is 3.90. The molecule has 0 unspecified atom stereocenters. The molecule has 156 valence electrons. The smallest absolute Gasteiger partial charge is 0.417 e. The van der Waals surface area contributed by atoms with Gasteiger partial charge in [0.25, 0.3) is 5.91 Å². The minimum atomic E-state index is -1.04. The summed E-state index contributed by atoms with van der Waals surface area (Å²) < 4.78 is 11.2. The molecule has 29 heavy (non-hydrogen) atoms. The summed E-state index contributed by atoms with van der Waals surface area (Å²) in [7, 11) is 0. The highest BCUT2D eigenvalue weighted by Crippen LogP contribution is 2.27. The van der Waals surface area contributed by atoms with Gasteiger partial charge in [0.05, 0.1) is 18.6 Å². The van der Waals surface area contributed by atoms with Crippen LogP contribution in [0, 0.1) is 5.92 Å². The van der Waals surface area contributed by atoms with Crippen LogP contribution in [-0.2, 0) is 19.1 Å². The van der Waals surface area contributed by atoms with Gasteiger partial charge in [-0.05, 0) is 39.8 Å². The maximum Gasteiger partial charge on any atom is 0.417 e. The zero-order chi connectivity index (χ0) is 21.8. The lowest BCUT2D eigenvalue weighted by atomic mass is 9.91. The first kappa shape index (κ1) is 22.8. The molecular formula is C21H24BrNO6. The molecule has 0 bridgehead atoms. The largest absolute Gasteiger partial charge is 0.466 e. The number of ketones is 1. The summed E-state index contributed by atoms with van der Waals surface area (Å²) >= 11 is 3.31. The third-order valence-electron chi connectivity index (χ3n) is 4.13. The molecule has 1 aromatic carbocycles. The van der Waals surface area contributed by atoms with Crippen LogP contribution in [0.3, 0.4) is 0 Å². The van der Waals surface area contributed by atoms with Gasteiger partial charge in [0.15, 0.2) is 5.78 Å². The van der Waals surface area contributed by atoms with Crippen molar-refractivity contribution in [3.63, 3.8) is 0 Å². The number of esters is 1. The van der Waals surface area contributed by atoms with Crippen molar-refractivity contribution in [2.45, 2.75) is 45.8 Å². The third kappa shape index (κ3) is 6.00. The molecule has 2 amide bonds. The third-order valence-corrected chi connectivity index (χ3v) is 4.66. The highest BCUT2D eigenvalue weighted by atomic mass is 79.9. The van der Waals surface area contributed by atoms with E-state index in [9.17, 15) is 19.2 Å². The number of benzene rings is 1. The van der Waals surface area contributed by atoms with E-state index in [-0.39, 0.29) is 18.8 Å². The molecule has 0 aliphatic carbocycles. The molecule has 2 rings (SSSR count). The molecule has 0 fully saturated rings. The van der Waals surface area contributed by atoms with Gasteiger partial charge >= 0.3 is 12.1 Å². The molecule has 1 heterocycles. The lowest BCUT2D eigenvalue weighted by Gasteiger charge is -2.30. The predicted molar refractivity (Wildman–Crippen MR) is 109 cm³/mol. The van der Waals surface area contributed by atoms with E-state index < -0.39 is 35.5 Å². The Balaban J connectivity index is 2.30. The van der Waals surface area contributed by atoms with Crippen LogP contribution < -0.4 is 0 Å². The van der Waals surface area contributed by atoms with Crippen molar-refractivity contribution >= 4 is 39.7 Å². The molecule has 8 heteroatoms. The molecule has 1 aromatic rings. The van der Waals surface area contributed by atoms with Crippen molar-refractivity contribution in [1.82, 2.24) is 4.90 Å². The zero-order valence-corrected chi connectivity index (χ0v) is 18.4. The summed E-state index contributed by atoms with van der Waals surface area (Å²) in [6.07, 6.45) is 1.54. The number of carbonyl (C=O) groups is 4. The van der Waals surface area contributed by atoms with Crippen LogP contribution in [0.2, 0.25) is 0 Å². The van der Waals surface area contributed by atoms with Gasteiger partial charge < -0.3 is 9.47 Å². The molecule has 0 radical (unpaired) electrons. The average molecular weight is 466 g/mol. The Morgan fingerprint density at radius 2 is 1.79 bits per heavy atom. The minimum absolute atomic E-state index is 0.110. The van der Waals surface area contributed by atoms with Crippen LogP contribution in [-0.4, -0.2) is 46.9 Å². The van der Waals surface area contributed by atoms with Gasteiger partial charge in [-0.1, -0.05) is 34.1 Å². The fourth-order valence-electron chi connectivity index (χ4n) is 2.88. The van der Waals surface area contributed by atoms with Crippen LogP contribution in [0.4, 0.5) is 4.79 Å². The van der Waals surface area contributed by atoms with Crippen LogP contribution in [0.1, 0.15) is 44.5 Å². The number of carbonyl (C=O) groups excluding carboxylic acids is 4. The van der Waals surface area contributed by atoms with Crippen molar-refractivity contribution < 1.29 is 28.7 Å². The Bertz CT molecular complexity index is 825. The number of halogens is 1. The summed E-state index contributed by atoms with van der Waals surface area (Å²) in [5, 5.41) is 0. The quantitative estimate of drug-likeness (QED) is 0.467. The maximum atomic E-state index is 12.8. The van der Waals surface area contributed by atoms with Gasteiger partial charge in [0.1, 0.15) is 5.60 Å². The summed E-state index contributed by atoms with van der Waals surface area (Å²) in [5.41, 5.74) is -0.406. The molecule has 1 aliphatic heterocycles. The number of nitrogens with zero attached hydrogens (tertiary/aromatic N) is 1. The monoisotopic (exact) mass is 465 g/mol. The molecule has 1 aliphatic rings. The normalized spacial score (nSPS) is 17.2. The van der Waals surface area contributed by atoms with Gasteiger partial charge in [-0.25, -0.2) is 9.69 Å². The van der Waals surface area contributed by atoms with Gasteiger partial charge in [0.2, 0.25) is 0 Å². The van der Waals surface area contributed by atoms with Crippen molar-refractivity contribution in [1.29, 1.82) is 0 Å². The SMILES string of the molecule is CCOC(=O)[C@H](CC(=O)c1ccc(Br)cc1)[C@H]1C=CC(=O)N1C(=O)OC(C)(C)C. The van der Waals surface area contributed by atoms with E-state index in [1.807, 2.05) is 0 Å². The second-order valence-corrected chi connectivity index (χ2v) is 8.45. The molecule has 0 saturated heterocycles. The maximum absolute atomic E-state index is 12.8. The van der Waals surface area contributed by atoms with Crippen LogP contribution >= 0.6 is 15.9 Å². The Morgan fingerprint density at radius 1 is 1.17 bits per heavy atom. The van der Waals surface area contributed by atoms with Crippen molar-refractivity contribution in [2.24, 2.45) is 5.92 Å². The molecule has 2 atom stereocenters. The topological polar surface area (TPSA) is 90.0 Å². The van der Waals surface area contributed by atoms with Crippen LogP contribution in [0.15, 0.2) is 40.9 Å². The number of ether oxygens (including phenoxy) is 2. The first-order valence-electron chi connectivity index (χ1n) is 9.23. The number of imide groups is 1. The van der Waals surface area contributed by atoms with Crippen molar-refractivity contribution in [3.05, 3.63) is 46.5 Å². The Morgan fingerprint density at radius 3 is 2.34 bits per heavy atom. The lowest BCUT2D eigenvalue weighted by Crippen LogP contribution is -2.48. The van der Waals surface area contributed by atoms with E-state index in [2.05, 4.69) is 15.9 Å². The van der Waals surface area contributed by atoms with Crippen LogP contribution in [0.25, 0.3) is 0 Å². The molecule has 0 N–H and O–H groups in total. The fourth-order valence-corrected chi connectivity index (χ4v) is 3.14. The van der Waals surface area contributed by atoms with E-state index in [4.69, 9.17) is 9.47 Å². The zero-order valence-electron chi connectivity index (χ0n) is 16.8. The second-order valence-electron chi connectivity index (χ2n) is 7.53. The summed E-state index contributed by atoms with van der Waals surface area (Å²) in [4.78, 5) is 51.1. The van der Waals surface area contributed by atoms with E-state index in [1.54, 1.807) is 52.0 Å². The molecular weight excluding hydrogens is 442 g/mol. The summed E-state index contributed by atoms with van der Waals surface area (Å²) in [6, 6.07) is 5.75. The highest BCUT2D eigenvalue weighted by molar-refractivity contribution is 9.10. The van der Waals surface area contributed by atoms with Gasteiger partial charge in [-0.3, -0.25) is 14.4 Å². The molecule has 0 spiro atoms. The lowest BCUT2D eigenvalue weighted by molar-refractivity contribution is -0.150. The fraction of sp³-hybridized carbons (Fsp3) is 0.429. The molecule has 0 saturated carbocycles. The Kier molecular flexibility index (Phi) is 7.35. The number of amides is 2. The van der Waals surface area contributed by atoms with E-state index >= 15 is 0 Å². The second kappa shape index (κ2) is 9.35. The highest BCUT2D eigenvalue weighted by Gasteiger charge is 2.43. The summed E-state index contributed by atoms with van der Waals surface area (Å²) in [6.45, 7) is 6.78. The number of Topliss-reactive ketones (excluding diaryl/α,β-unsaturated/α-hetero) is 1. The Labute approximate surface area is 178 Å². The van der Waals surface area contributed by atoms with Gasteiger partial charge in [0, 0.05) is 22.5 Å². The molecule has 0 aromatic heterocycles. The number of rotatable bonds is 6.